The SMILES string of the molecule is COc1ccc(CCNC(=O)c2cc(NCCC3=CCCCC3)ncn2)cc1. The van der Waals surface area contributed by atoms with Crippen LogP contribution in [0.4, 0.5) is 5.82 Å². The molecule has 0 unspecified atom stereocenters. The van der Waals surface area contributed by atoms with Crippen LogP contribution in [-0.2, 0) is 6.42 Å². The maximum absolute atomic E-state index is 12.4. The number of hydrogen-bond donors (Lipinski definition) is 2. The van der Waals surface area contributed by atoms with Crippen LogP contribution in [0.1, 0.15) is 48.2 Å². The molecular formula is C22H28N4O2. The molecule has 0 spiro atoms. The van der Waals surface area contributed by atoms with Crippen LogP contribution in [0, 0.1) is 0 Å². The molecule has 3 rings (SSSR count). The van der Waals surface area contributed by atoms with Crippen LogP contribution in [0.3, 0.4) is 0 Å². The lowest BCUT2D eigenvalue weighted by atomic mass is 9.97. The van der Waals surface area contributed by atoms with Gasteiger partial charge >= 0.3 is 0 Å². The average molecular weight is 380 g/mol. The minimum atomic E-state index is -0.186. The monoisotopic (exact) mass is 380 g/mol. The zero-order chi connectivity index (χ0) is 19.6. The minimum absolute atomic E-state index is 0.186. The lowest BCUT2D eigenvalue weighted by Gasteiger charge is -2.13. The largest absolute Gasteiger partial charge is 0.497 e. The Morgan fingerprint density at radius 3 is 2.71 bits per heavy atom. The smallest absolute Gasteiger partial charge is 0.270 e. The molecular weight excluding hydrogens is 352 g/mol. The molecule has 0 aliphatic heterocycles. The standard InChI is InChI=1S/C22H28N4O2/c1-28-19-9-7-18(8-10-19)12-14-24-22(27)20-15-21(26-16-25-20)23-13-11-17-5-3-2-4-6-17/h5,7-10,15-16H,2-4,6,11-14H2,1H3,(H,24,27)(H,23,25,26). The highest BCUT2D eigenvalue weighted by molar-refractivity contribution is 5.92. The summed E-state index contributed by atoms with van der Waals surface area (Å²) >= 11 is 0. The van der Waals surface area contributed by atoms with Crippen LogP contribution < -0.4 is 15.4 Å². The van der Waals surface area contributed by atoms with Crippen molar-refractivity contribution in [3.05, 3.63) is 59.6 Å². The molecule has 1 aromatic carbocycles. The van der Waals surface area contributed by atoms with Crippen molar-refractivity contribution in [3.63, 3.8) is 0 Å². The van der Waals surface area contributed by atoms with Crippen LogP contribution in [-0.4, -0.2) is 36.1 Å². The highest BCUT2D eigenvalue weighted by Gasteiger charge is 2.09. The first kappa shape index (κ1) is 19.9. The Hall–Kier alpha value is -2.89. The molecule has 28 heavy (non-hydrogen) atoms. The molecule has 0 radical (unpaired) electrons. The van der Waals surface area contributed by atoms with Crippen molar-refractivity contribution in [2.75, 3.05) is 25.5 Å². The van der Waals surface area contributed by atoms with E-state index in [0.717, 1.165) is 30.7 Å². The van der Waals surface area contributed by atoms with Gasteiger partial charge in [-0.05, 0) is 56.2 Å². The van der Waals surface area contributed by atoms with Crippen LogP contribution >= 0.6 is 0 Å². The van der Waals surface area contributed by atoms with Gasteiger partial charge in [0.15, 0.2) is 0 Å². The first-order chi connectivity index (χ1) is 13.7. The maximum Gasteiger partial charge on any atom is 0.270 e. The van der Waals surface area contributed by atoms with Crippen molar-refractivity contribution >= 4 is 11.7 Å². The summed E-state index contributed by atoms with van der Waals surface area (Å²) in [7, 11) is 1.65. The quantitative estimate of drug-likeness (QED) is 0.648. The second-order valence-corrected chi connectivity index (χ2v) is 6.93. The number of benzene rings is 1. The number of carbonyl (C=O) groups is 1. The lowest BCUT2D eigenvalue weighted by molar-refractivity contribution is 0.0949. The molecule has 1 amide bonds. The Labute approximate surface area is 166 Å². The molecule has 6 nitrogen and oxygen atoms in total. The summed E-state index contributed by atoms with van der Waals surface area (Å²) in [4.78, 5) is 20.7. The van der Waals surface area contributed by atoms with Gasteiger partial charge in [-0.2, -0.15) is 0 Å². The van der Waals surface area contributed by atoms with Gasteiger partial charge in [0.1, 0.15) is 23.6 Å². The van der Waals surface area contributed by atoms with E-state index >= 15 is 0 Å². The van der Waals surface area contributed by atoms with Gasteiger partial charge in [0, 0.05) is 19.2 Å². The summed E-state index contributed by atoms with van der Waals surface area (Å²) in [6.07, 6.45) is 10.6. The van der Waals surface area contributed by atoms with Gasteiger partial charge in [-0.3, -0.25) is 4.79 Å². The number of ether oxygens (including phenoxy) is 1. The number of nitrogens with one attached hydrogen (secondary N) is 2. The summed E-state index contributed by atoms with van der Waals surface area (Å²) in [6, 6.07) is 9.54. The van der Waals surface area contributed by atoms with Crippen LogP contribution in [0.15, 0.2) is 48.3 Å². The van der Waals surface area contributed by atoms with Gasteiger partial charge in [-0.25, -0.2) is 9.97 Å². The Bertz CT molecular complexity index is 802. The zero-order valence-electron chi connectivity index (χ0n) is 16.4. The van der Waals surface area contributed by atoms with Crippen molar-refractivity contribution in [2.24, 2.45) is 0 Å². The number of aromatic nitrogens is 2. The lowest BCUT2D eigenvalue weighted by Crippen LogP contribution is -2.26. The van der Waals surface area contributed by atoms with E-state index in [9.17, 15) is 4.79 Å². The van der Waals surface area contributed by atoms with Gasteiger partial charge in [0.05, 0.1) is 7.11 Å². The predicted molar refractivity (Wildman–Crippen MR) is 111 cm³/mol. The first-order valence-corrected chi connectivity index (χ1v) is 9.89. The number of anilines is 1. The van der Waals surface area contributed by atoms with Crippen molar-refractivity contribution in [1.29, 1.82) is 0 Å². The van der Waals surface area contributed by atoms with Gasteiger partial charge < -0.3 is 15.4 Å². The van der Waals surface area contributed by atoms with E-state index in [1.807, 2.05) is 24.3 Å². The summed E-state index contributed by atoms with van der Waals surface area (Å²) in [5.41, 5.74) is 3.04. The Balaban J connectivity index is 1.44. The number of nitrogens with zero attached hydrogens (tertiary/aromatic N) is 2. The van der Waals surface area contributed by atoms with E-state index in [0.29, 0.717) is 18.1 Å². The Kier molecular flexibility index (Phi) is 7.41. The fourth-order valence-corrected chi connectivity index (χ4v) is 3.26. The van der Waals surface area contributed by atoms with Gasteiger partial charge in [-0.15, -0.1) is 0 Å². The van der Waals surface area contributed by atoms with E-state index in [1.165, 1.54) is 37.6 Å². The van der Waals surface area contributed by atoms with E-state index < -0.39 is 0 Å². The molecule has 0 atom stereocenters. The molecule has 0 saturated heterocycles. The zero-order valence-corrected chi connectivity index (χ0v) is 16.4. The molecule has 2 N–H and O–H groups in total. The summed E-state index contributed by atoms with van der Waals surface area (Å²) in [5.74, 6) is 1.33. The molecule has 148 valence electrons. The molecule has 0 fully saturated rings. The molecule has 6 heteroatoms. The van der Waals surface area contributed by atoms with E-state index in [2.05, 4.69) is 26.7 Å². The number of methoxy groups -OCH3 is 1. The molecule has 2 aromatic rings. The second-order valence-electron chi connectivity index (χ2n) is 6.93. The van der Waals surface area contributed by atoms with Crippen molar-refractivity contribution in [3.8, 4) is 5.75 Å². The van der Waals surface area contributed by atoms with Crippen molar-refractivity contribution < 1.29 is 9.53 Å². The predicted octanol–water partition coefficient (Wildman–Crippen LogP) is 3.76. The van der Waals surface area contributed by atoms with Crippen molar-refractivity contribution in [2.45, 2.75) is 38.5 Å². The number of carbonyl (C=O) groups excluding carboxylic acids is 1. The number of amides is 1. The fraction of sp³-hybridized carbons (Fsp3) is 0.409. The first-order valence-electron chi connectivity index (χ1n) is 9.89. The molecule has 1 heterocycles. The third kappa shape index (κ3) is 6.08. The van der Waals surface area contributed by atoms with E-state index in [1.54, 1.807) is 13.2 Å². The van der Waals surface area contributed by atoms with E-state index in [4.69, 9.17) is 4.74 Å². The number of rotatable bonds is 9. The molecule has 0 bridgehead atoms. The highest BCUT2D eigenvalue weighted by atomic mass is 16.5. The average Bonchev–Trinajstić information content (AvgIpc) is 2.75. The minimum Gasteiger partial charge on any atom is -0.497 e. The molecule has 1 aliphatic carbocycles. The highest BCUT2D eigenvalue weighted by Crippen LogP contribution is 2.20. The Morgan fingerprint density at radius 1 is 1.11 bits per heavy atom. The van der Waals surface area contributed by atoms with Crippen molar-refractivity contribution in [1.82, 2.24) is 15.3 Å². The second kappa shape index (κ2) is 10.4. The molecule has 0 saturated carbocycles. The van der Waals surface area contributed by atoms with Crippen LogP contribution in [0.25, 0.3) is 0 Å². The number of allylic oxidation sites excluding steroid dienone is 1. The van der Waals surface area contributed by atoms with Crippen LogP contribution in [0.2, 0.25) is 0 Å². The molecule has 1 aromatic heterocycles. The normalized spacial score (nSPS) is 13.5. The summed E-state index contributed by atoms with van der Waals surface area (Å²) in [5, 5.41) is 6.21. The third-order valence-corrected chi connectivity index (χ3v) is 4.90. The summed E-state index contributed by atoms with van der Waals surface area (Å²) in [6.45, 7) is 1.37. The fourth-order valence-electron chi connectivity index (χ4n) is 3.26. The summed E-state index contributed by atoms with van der Waals surface area (Å²) < 4.78 is 5.15. The van der Waals surface area contributed by atoms with E-state index in [-0.39, 0.29) is 5.91 Å². The van der Waals surface area contributed by atoms with Gasteiger partial charge in [-0.1, -0.05) is 23.8 Å². The topological polar surface area (TPSA) is 76.1 Å². The van der Waals surface area contributed by atoms with Gasteiger partial charge in [0.25, 0.3) is 5.91 Å². The molecule has 1 aliphatic rings. The Morgan fingerprint density at radius 2 is 1.96 bits per heavy atom. The maximum atomic E-state index is 12.4. The van der Waals surface area contributed by atoms with Gasteiger partial charge in [0.2, 0.25) is 0 Å². The van der Waals surface area contributed by atoms with Crippen LogP contribution in [0.5, 0.6) is 5.75 Å². The third-order valence-electron chi connectivity index (χ3n) is 4.90. The number of hydrogen-bond acceptors (Lipinski definition) is 5.